The minimum Gasteiger partial charge on any atom is -0.495 e. The molecule has 3 heterocycles. The summed E-state index contributed by atoms with van der Waals surface area (Å²) in [5.74, 6) is 1.13. The summed E-state index contributed by atoms with van der Waals surface area (Å²) in [5, 5.41) is 4.62. The molecule has 0 unspecified atom stereocenters. The summed E-state index contributed by atoms with van der Waals surface area (Å²) in [5.41, 5.74) is 10.8. The molecular weight excluding hydrogens is 466 g/mol. The number of amides is 1. The van der Waals surface area contributed by atoms with Crippen LogP contribution in [-0.2, 0) is 4.79 Å². The maximum atomic E-state index is 11.6. The number of aromatic amines is 1. The molecule has 0 spiro atoms. The summed E-state index contributed by atoms with van der Waals surface area (Å²) >= 11 is 6.52. The summed E-state index contributed by atoms with van der Waals surface area (Å²) in [6.45, 7) is 4.69. The predicted molar refractivity (Wildman–Crippen MR) is 139 cm³/mol. The van der Waals surface area contributed by atoms with Crippen LogP contribution in [0.1, 0.15) is 6.92 Å². The van der Waals surface area contributed by atoms with E-state index >= 15 is 0 Å². The van der Waals surface area contributed by atoms with Crippen molar-refractivity contribution in [2.75, 3.05) is 49.2 Å². The lowest BCUT2D eigenvalue weighted by Gasteiger charge is -2.35. The molecule has 0 bridgehead atoms. The third kappa shape index (κ3) is 4.54. The summed E-state index contributed by atoms with van der Waals surface area (Å²) in [6.07, 6.45) is 3.48. The van der Waals surface area contributed by atoms with E-state index in [4.69, 9.17) is 22.1 Å². The van der Waals surface area contributed by atoms with E-state index in [0.717, 1.165) is 48.3 Å². The quantitative estimate of drug-likeness (QED) is 0.357. The Morgan fingerprint density at radius 2 is 1.97 bits per heavy atom. The number of halogens is 1. The van der Waals surface area contributed by atoms with Crippen LogP contribution in [0.25, 0.3) is 22.2 Å². The zero-order chi connectivity index (χ0) is 24.5. The van der Waals surface area contributed by atoms with Gasteiger partial charge in [-0.1, -0.05) is 17.7 Å². The highest BCUT2D eigenvalue weighted by molar-refractivity contribution is 6.33. The third-order valence-electron chi connectivity index (χ3n) is 6.22. The maximum absolute atomic E-state index is 11.6. The van der Waals surface area contributed by atoms with Gasteiger partial charge in [0, 0.05) is 67.1 Å². The molecule has 4 N–H and O–H groups in total. The third-order valence-corrected chi connectivity index (χ3v) is 6.50. The van der Waals surface area contributed by atoms with Gasteiger partial charge in [-0.25, -0.2) is 9.97 Å². The molecule has 4 aromatic rings. The van der Waals surface area contributed by atoms with Crippen LogP contribution in [0.15, 0.2) is 48.8 Å². The van der Waals surface area contributed by atoms with Crippen molar-refractivity contribution < 1.29 is 9.53 Å². The number of ether oxygens (including phenoxy) is 1. The molecule has 35 heavy (non-hydrogen) atoms. The normalized spacial score (nSPS) is 13.8. The topological polar surface area (TPSA) is 112 Å². The van der Waals surface area contributed by atoms with Gasteiger partial charge in [-0.05, 0) is 30.3 Å². The molecule has 1 aliphatic heterocycles. The van der Waals surface area contributed by atoms with Gasteiger partial charge < -0.3 is 30.6 Å². The predicted octanol–water partition coefficient (Wildman–Crippen LogP) is 4.28. The number of methoxy groups -OCH3 is 1. The number of rotatable bonds is 5. The molecule has 1 fully saturated rings. The van der Waals surface area contributed by atoms with Crippen molar-refractivity contribution in [1.82, 2.24) is 19.9 Å². The van der Waals surface area contributed by atoms with Crippen molar-refractivity contribution in [1.29, 1.82) is 0 Å². The molecule has 0 saturated carbocycles. The number of fused-ring (bicyclic) bond motifs is 1. The second-order valence-corrected chi connectivity index (χ2v) is 8.81. The molecule has 0 aliphatic carbocycles. The first-order chi connectivity index (χ1) is 16.9. The summed E-state index contributed by atoms with van der Waals surface area (Å²) in [7, 11) is 1.59. The van der Waals surface area contributed by atoms with Crippen molar-refractivity contribution in [3.63, 3.8) is 0 Å². The monoisotopic (exact) mass is 491 g/mol. The molecular formula is C25H26ClN7O2. The van der Waals surface area contributed by atoms with Gasteiger partial charge in [0.25, 0.3) is 0 Å². The number of benzene rings is 2. The molecule has 180 valence electrons. The Kier molecular flexibility index (Phi) is 6.08. The van der Waals surface area contributed by atoms with Crippen LogP contribution in [0, 0.1) is 0 Å². The van der Waals surface area contributed by atoms with Crippen LogP contribution in [0.5, 0.6) is 5.75 Å². The fraction of sp³-hybridized carbons (Fsp3) is 0.240. The number of hydrogen-bond donors (Lipinski definition) is 3. The highest BCUT2D eigenvalue weighted by Crippen LogP contribution is 2.35. The van der Waals surface area contributed by atoms with E-state index in [1.165, 1.54) is 0 Å². The minimum absolute atomic E-state index is 0.124. The van der Waals surface area contributed by atoms with Crippen molar-refractivity contribution in [2.24, 2.45) is 0 Å². The number of piperazine rings is 1. The number of carbonyl (C=O) groups is 1. The largest absolute Gasteiger partial charge is 0.495 e. The second-order valence-electron chi connectivity index (χ2n) is 8.40. The molecule has 0 radical (unpaired) electrons. The van der Waals surface area contributed by atoms with Crippen molar-refractivity contribution in [3.05, 3.63) is 53.8 Å². The number of nitrogens with two attached hydrogens (primary N) is 1. The lowest BCUT2D eigenvalue weighted by atomic mass is 10.1. The average Bonchev–Trinajstić information content (AvgIpc) is 3.28. The molecule has 1 saturated heterocycles. The Morgan fingerprint density at radius 3 is 2.71 bits per heavy atom. The fourth-order valence-electron chi connectivity index (χ4n) is 4.35. The molecule has 5 rings (SSSR count). The number of aromatic nitrogens is 3. The van der Waals surface area contributed by atoms with Crippen LogP contribution < -0.4 is 20.7 Å². The Bertz CT molecular complexity index is 1400. The molecule has 0 atom stereocenters. The van der Waals surface area contributed by atoms with E-state index in [2.05, 4.69) is 43.4 Å². The van der Waals surface area contributed by atoms with Crippen molar-refractivity contribution >= 4 is 51.4 Å². The number of H-pyrrole nitrogens is 1. The van der Waals surface area contributed by atoms with Gasteiger partial charge in [-0.15, -0.1) is 0 Å². The zero-order valence-corrected chi connectivity index (χ0v) is 20.3. The molecule has 2 aromatic carbocycles. The van der Waals surface area contributed by atoms with E-state index in [0.29, 0.717) is 33.8 Å². The highest BCUT2D eigenvalue weighted by Gasteiger charge is 2.20. The minimum atomic E-state index is 0.124. The number of nitrogens with one attached hydrogen (secondary N) is 2. The summed E-state index contributed by atoms with van der Waals surface area (Å²) in [4.78, 5) is 28.1. The maximum Gasteiger partial charge on any atom is 0.227 e. The van der Waals surface area contributed by atoms with E-state index in [9.17, 15) is 4.79 Å². The second kappa shape index (κ2) is 9.34. The molecule has 1 amide bonds. The smallest absolute Gasteiger partial charge is 0.227 e. The average molecular weight is 492 g/mol. The Labute approximate surface area is 207 Å². The standard InChI is InChI=1S/C25H26ClN7O2/c1-15(34)32-7-9-33(10-8-32)17-4-5-18-19(13-28-21(18)12-17)24-20(26)14-29-25(31-24)30-22-11-16(27)3-6-23(22)35-2/h3-6,11-14,28H,7-10,27H2,1-2H3,(H,29,30,31). The van der Waals surface area contributed by atoms with Crippen LogP contribution in [0.3, 0.4) is 0 Å². The van der Waals surface area contributed by atoms with Crippen molar-refractivity contribution in [3.8, 4) is 17.0 Å². The number of nitrogens with zero attached hydrogens (tertiary/aromatic N) is 4. The number of nitrogen functional groups attached to an aromatic ring is 1. The van der Waals surface area contributed by atoms with Crippen molar-refractivity contribution in [2.45, 2.75) is 6.92 Å². The Morgan fingerprint density at radius 1 is 1.17 bits per heavy atom. The Hall–Kier alpha value is -3.98. The van der Waals surface area contributed by atoms with Gasteiger partial charge in [0.2, 0.25) is 11.9 Å². The van der Waals surface area contributed by atoms with Gasteiger partial charge in [0.1, 0.15) is 5.75 Å². The van der Waals surface area contributed by atoms with Crippen LogP contribution in [0.2, 0.25) is 5.02 Å². The summed E-state index contributed by atoms with van der Waals surface area (Å²) < 4.78 is 5.41. The fourth-order valence-corrected chi connectivity index (χ4v) is 4.54. The van der Waals surface area contributed by atoms with Crippen LogP contribution in [-0.4, -0.2) is 59.0 Å². The SMILES string of the molecule is COc1ccc(N)cc1Nc1ncc(Cl)c(-c2c[nH]c3cc(N4CCN(C(C)=O)CC4)ccc23)n1. The lowest BCUT2D eigenvalue weighted by Crippen LogP contribution is -2.48. The van der Waals surface area contributed by atoms with E-state index in [-0.39, 0.29) is 5.91 Å². The van der Waals surface area contributed by atoms with Crippen LogP contribution >= 0.6 is 11.6 Å². The number of anilines is 4. The first-order valence-corrected chi connectivity index (χ1v) is 11.7. The van der Waals surface area contributed by atoms with Gasteiger partial charge in [-0.3, -0.25) is 4.79 Å². The van der Waals surface area contributed by atoms with Gasteiger partial charge in [0.05, 0.1) is 29.7 Å². The van der Waals surface area contributed by atoms with E-state index in [1.54, 1.807) is 38.4 Å². The summed E-state index contributed by atoms with van der Waals surface area (Å²) in [6, 6.07) is 11.6. The van der Waals surface area contributed by atoms with Gasteiger partial charge in [0.15, 0.2) is 0 Å². The Balaban J connectivity index is 1.43. The lowest BCUT2D eigenvalue weighted by molar-refractivity contribution is -0.129. The first-order valence-electron chi connectivity index (χ1n) is 11.3. The zero-order valence-electron chi connectivity index (χ0n) is 19.5. The highest BCUT2D eigenvalue weighted by atomic mass is 35.5. The molecule has 9 nitrogen and oxygen atoms in total. The van der Waals surface area contributed by atoms with Gasteiger partial charge >= 0.3 is 0 Å². The van der Waals surface area contributed by atoms with E-state index < -0.39 is 0 Å². The van der Waals surface area contributed by atoms with E-state index in [1.807, 2.05) is 11.1 Å². The van der Waals surface area contributed by atoms with Crippen LogP contribution in [0.4, 0.5) is 23.0 Å². The van der Waals surface area contributed by atoms with Gasteiger partial charge in [-0.2, -0.15) is 0 Å². The molecule has 2 aromatic heterocycles. The first kappa shape index (κ1) is 22.8. The number of carbonyl (C=O) groups excluding carboxylic acids is 1. The molecule has 10 heteroatoms. The number of hydrogen-bond acceptors (Lipinski definition) is 7. The molecule has 1 aliphatic rings.